The lowest BCUT2D eigenvalue weighted by atomic mass is 9.77. The predicted molar refractivity (Wildman–Crippen MR) is 292 cm³/mol. The predicted octanol–water partition coefficient (Wildman–Crippen LogP) is 7.56. The van der Waals surface area contributed by atoms with E-state index in [4.69, 9.17) is 26.0 Å². The lowest BCUT2D eigenvalue weighted by Gasteiger charge is -2.31. The maximum Gasteiger partial charge on any atom is 0.524 e. The van der Waals surface area contributed by atoms with Crippen LogP contribution in [0.2, 0.25) is 5.02 Å². The van der Waals surface area contributed by atoms with Crippen molar-refractivity contribution < 1.29 is 95.8 Å². The Morgan fingerprint density at radius 1 is 0.989 bits per heavy atom. The molecule has 4 heterocycles. The Bertz CT molecular complexity index is 4250. The number of nitrogens with zero attached hydrogens (tertiary/aromatic N) is 8. The number of sulfonamides is 1. The van der Waals surface area contributed by atoms with Gasteiger partial charge in [0.15, 0.2) is 11.5 Å². The van der Waals surface area contributed by atoms with Crippen LogP contribution in [0.5, 0.6) is 11.6 Å². The van der Waals surface area contributed by atoms with Crippen LogP contribution in [0.25, 0.3) is 27.6 Å². The first-order valence-electron chi connectivity index (χ1n) is 26.0. The normalized spacial score (nSPS) is 15.9. The van der Waals surface area contributed by atoms with Crippen LogP contribution < -0.4 is 29.8 Å². The Kier molecular flexibility index (Phi) is 17.1. The van der Waals surface area contributed by atoms with Gasteiger partial charge in [0, 0.05) is 54.5 Å². The zero-order chi connectivity index (χ0) is 64.7. The number of ether oxygens (including phenoxy) is 1. The van der Waals surface area contributed by atoms with Crippen LogP contribution in [0.1, 0.15) is 96.5 Å². The monoisotopic (exact) mass is 1300 g/mol. The minimum atomic E-state index is -5.44. The van der Waals surface area contributed by atoms with Crippen molar-refractivity contribution in [2.24, 2.45) is 13.0 Å². The summed E-state index contributed by atoms with van der Waals surface area (Å²) in [6.07, 6.45) is -11.4. The third-order valence-electron chi connectivity index (χ3n) is 14.3. The standard InChI is InChI=1S/C53H49ClF9N10O13PS/c1-23-12-25(17-35(74)64-21-39(77)78)42(34(13-23)86-87(80,81)82)51(2,3)20-38(76)73(88(5,83)84)49-41-31(54)7-8-33(44(41)70(4)69-49)72-48(67-47-28(50(72)79)6-9-37(66-47)85-11-10-52(59,60)61)32(16-24-14-26(55)18-27(56)15-24)65-36(75)22-71-45-40(43(68-71)46(57)58)29-19-30(29)53(45,62)63/h6-9,12-15,18,29-30,32,46H,10-11,16-17,19-22H2,1-5H3,(H,64,74)(H,65,75)(H,77,78)(H2,80,81,82)/t29-,30+,32-/m0/s1. The highest BCUT2D eigenvalue weighted by Gasteiger charge is 2.67. The molecule has 2 aliphatic rings. The van der Waals surface area contributed by atoms with Crippen LogP contribution in [-0.4, -0.2) is 107 Å². The Morgan fingerprint density at radius 2 is 1.67 bits per heavy atom. The molecule has 7 aromatic rings. The molecule has 0 saturated heterocycles. The third-order valence-corrected chi connectivity index (χ3v) is 16.1. The number of fused-ring (bicyclic) bond motifs is 5. The summed E-state index contributed by atoms with van der Waals surface area (Å²) in [6, 6.07) is 6.99. The summed E-state index contributed by atoms with van der Waals surface area (Å²) in [4.78, 5) is 97.6. The lowest BCUT2D eigenvalue weighted by Crippen LogP contribution is -2.40. The Morgan fingerprint density at radius 3 is 2.30 bits per heavy atom. The zero-order valence-corrected chi connectivity index (χ0v) is 48.8. The molecule has 3 aromatic carbocycles. The molecule has 0 spiro atoms. The Balaban J connectivity index is 1.21. The molecule has 0 radical (unpaired) electrons. The number of nitrogens with one attached hydrogen (secondary N) is 2. The zero-order valence-electron chi connectivity index (χ0n) is 46.3. The summed E-state index contributed by atoms with van der Waals surface area (Å²) in [5.74, 6) is -15.8. The van der Waals surface area contributed by atoms with Gasteiger partial charge in [0.2, 0.25) is 33.6 Å². The maximum atomic E-state index is 15.8. The number of phosphoric ester groups is 1. The number of hydrogen-bond donors (Lipinski definition) is 5. The van der Waals surface area contributed by atoms with Crippen LogP contribution in [0.3, 0.4) is 0 Å². The summed E-state index contributed by atoms with van der Waals surface area (Å²) >= 11 is 6.89. The molecule has 0 unspecified atom stereocenters. The van der Waals surface area contributed by atoms with Gasteiger partial charge in [-0.2, -0.15) is 41.4 Å². The lowest BCUT2D eigenvalue weighted by molar-refractivity contribution is -0.140. The number of aromatic nitrogens is 7. The van der Waals surface area contributed by atoms with Gasteiger partial charge in [0.25, 0.3) is 17.9 Å². The van der Waals surface area contributed by atoms with Crippen molar-refractivity contribution in [3.05, 3.63) is 127 Å². The minimum absolute atomic E-state index is 0.0442. The molecule has 35 heteroatoms. The van der Waals surface area contributed by atoms with Crippen molar-refractivity contribution in [1.82, 2.24) is 44.7 Å². The molecule has 3 atom stereocenters. The van der Waals surface area contributed by atoms with E-state index in [0.717, 1.165) is 51.7 Å². The first-order chi connectivity index (χ1) is 40.8. The van der Waals surface area contributed by atoms with Gasteiger partial charge in [0.05, 0.1) is 58.7 Å². The average Bonchev–Trinajstić information content (AvgIpc) is 1.53. The number of aryl methyl sites for hydroxylation is 2. The summed E-state index contributed by atoms with van der Waals surface area (Å²) in [5, 5.41) is 20.6. The number of benzene rings is 3. The fraction of sp³-hybridized carbons (Fsp3) is 0.377. The van der Waals surface area contributed by atoms with E-state index in [9.17, 15) is 63.9 Å². The highest BCUT2D eigenvalue weighted by Crippen LogP contribution is 2.68. The van der Waals surface area contributed by atoms with Crippen molar-refractivity contribution in [3.63, 3.8) is 0 Å². The van der Waals surface area contributed by atoms with Gasteiger partial charge in [0.1, 0.15) is 47.7 Å². The van der Waals surface area contributed by atoms with E-state index in [2.05, 4.69) is 30.8 Å². The van der Waals surface area contributed by atoms with E-state index in [1.54, 1.807) is 0 Å². The van der Waals surface area contributed by atoms with Crippen LogP contribution in [0.15, 0.2) is 59.4 Å². The van der Waals surface area contributed by atoms with Crippen LogP contribution in [0, 0.1) is 24.5 Å². The number of amides is 3. The van der Waals surface area contributed by atoms with Crippen molar-refractivity contribution in [3.8, 4) is 17.3 Å². The number of anilines is 1. The topological polar surface area (TPSA) is 309 Å². The van der Waals surface area contributed by atoms with Gasteiger partial charge >= 0.3 is 20.0 Å². The smallest absolute Gasteiger partial charge is 0.480 e. The summed E-state index contributed by atoms with van der Waals surface area (Å²) in [5.41, 5.74) is -6.92. The molecule has 9 rings (SSSR count). The molecule has 4 aromatic heterocycles. The number of phosphoric acid groups is 1. The number of pyridine rings is 1. The molecular formula is C53H49ClF9N10O13PS. The van der Waals surface area contributed by atoms with Crippen molar-refractivity contribution >= 4 is 80.9 Å². The number of halogens is 10. The average molecular weight is 1300 g/mol. The number of alkyl halides is 7. The molecule has 0 bridgehead atoms. The quantitative estimate of drug-likeness (QED) is 0.0323. The number of carboxylic acid groups (broad SMARTS) is 1. The van der Waals surface area contributed by atoms with E-state index >= 15 is 22.4 Å². The third kappa shape index (κ3) is 13.3. The van der Waals surface area contributed by atoms with E-state index in [1.165, 1.54) is 33.9 Å². The second-order valence-corrected chi connectivity index (χ2v) is 25.0. The van der Waals surface area contributed by atoms with Crippen LogP contribution >= 0.6 is 19.4 Å². The van der Waals surface area contributed by atoms with Crippen molar-refractivity contribution in [2.45, 2.75) is 95.3 Å². The van der Waals surface area contributed by atoms with E-state index in [0.29, 0.717) is 17.0 Å². The van der Waals surface area contributed by atoms with Gasteiger partial charge in [-0.25, -0.2) is 35.5 Å². The second-order valence-electron chi connectivity index (χ2n) is 21.6. The molecule has 3 amide bonds. The SMILES string of the molecule is Cc1cc(CC(=O)NCC(=O)O)c(C(C)(C)CC(=O)N(c2nn(C)c3c(-n4c([C@H](Cc5cc(F)cc(F)c5)NC(=O)Cn5nc(C(F)F)c6c5C(F)(F)[C@@H]5C[C@H]65)nc5nc(OCCC(F)(F)F)ccc5c4=O)ccc(Cl)c23)S(C)(=O)=O)c(OP(=O)(O)O)c1. The fourth-order valence-corrected chi connectivity index (χ4v) is 12.5. The van der Waals surface area contributed by atoms with Crippen molar-refractivity contribution in [1.29, 1.82) is 0 Å². The number of carbonyl (C=O) groups is 4. The molecule has 0 aliphatic heterocycles. The Labute approximate surface area is 495 Å². The molecule has 1 saturated carbocycles. The fourth-order valence-electron chi connectivity index (χ4n) is 11.0. The second kappa shape index (κ2) is 23.4. The van der Waals surface area contributed by atoms with E-state index in [1.807, 2.05) is 0 Å². The van der Waals surface area contributed by atoms with Gasteiger partial charge < -0.3 is 25.0 Å². The van der Waals surface area contributed by atoms with Gasteiger partial charge in [-0.15, -0.1) is 0 Å². The molecule has 1 fully saturated rings. The van der Waals surface area contributed by atoms with Crippen molar-refractivity contribution in [2.75, 3.05) is 23.7 Å². The van der Waals surface area contributed by atoms with Crippen LogP contribution in [0.4, 0.5) is 45.3 Å². The summed E-state index contributed by atoms with van der Waals surface area (Å²) < 4.78 is 183. The number of hydrogen-bond acceptors (Lipinski definition) is 14. The summed E-state index contributed by atoms with van der Waals surface area (Å²) in [7, 11) is -9.15. The Hall–Kier alpha value is -8.13. The van der Waals surface area contributed by atoms with Crippen LogP contribution in [-0.2, 0) is 71.5 Å². The molecule has 2 aliphatic carbocycles. The molecule has 88 heavy (non-hydrogen) atoms. The number of carboxylic acids is 1. The molecular weight excluding hydrogens is 1250 g/mol. The summed E-state index contributed by atoms with van der Waals surface area (Å²) in [6.45, 7) is 1.08. The maximum absolute atomic E-state index is 15.8. The highest BCUT2D eigenvalue weighted by atomic mass is 35.5. The number of aliphatic carboxylic acids is 1. The van der Waals surface area contributed by atoms with E-state index in [-0.39, 0.29) is 49.2 Å². The largest absolute Gasteiger partial charge is 0.524 e. The highest BCUT2D eigenvalue weighted by molar-refractivity contribution is 7.92. The number of carbonyl (C=O) groups excluding carboxylic acids is 3. The molecule has 23 nitrogen and oxygen atoms in total. The minimum Gasteiger partial charge on any atom is -0.480 e. The van der Waals surface area contributed by atoms with Gasteiger partial charge in [-0.1, -0.05) is 31.5 Å². The van der Waals surface area contributed by atoms with E-state index < -0.39 is 203 Å². The number of rotatable bonds is 22. The van der Waals surface area contributed by atoms with Gasteiger partial charge in [-0.3, -0.25) is 47.7 Å². The first-order valence-corrected chi connectivity index (χ1v) is 29.8. The molecule has 470 valence electrons. The first kappa shape index (κ1) is 64.3. The molecule has 5 N–H and O–H groups in total. The van der Waals surface area contributed by atoms with Gasteiger partial charge in [-0.05, 0) is 72.4 Å².